The topological polar surface area (TPSA) is 4.93 Å². The van der Waals surface area contributed by atoms with Crippen LogP contribution in [0, 0.1) is 6.92 Å². The summed E-state index contributed by atoms with van der Waals surface area (Å²) in [5.41, 5.74) is 4.22. The van der Waals surface area contributed by atoms with Crippen molar-refractivity contribution in [2.24, 2.45) is 7.05 Å². The normalized spacial score (nSPS) is 11.5. The number of rotatable bonds is 1. The second-order valence-corrected chi connectivity index (χ2v) is 4.24. The molecule has 0 N–H and O–H groups in total. The van der Waals surface area contributed by atoms with Crippen molar-refractivity contribution in [3.8, 4) is 0 Å². The third-order valence-electron chi connectivity index (χ3n) is 2.96. The largest absolute Gasteiger partial charge is 0.347 e. The summed E-state index contributed by atoms with van der Waals surface area (Å²) in [6.07, 6.45) is 0. The second kappa shape index (κ2) is 3.16. The molecule has 0 aliphatic heterocycles. The first-order valence-corrected chi connectivity index (χ1v) is 5.17. The number of benzene rings is 1. The van der Waals surface area contributed by atoms with Gasteiger partial charge in [0.2, 0.25) is 0 Å². The highest BCUT2D eigenvalue weighted by atomic mass is 15.0. The summed E-state index contributed by atoms with van der Waals surface area (Å²) in [6, 6.07) is 8.61. The Morgan fingerprint density at radius 1 is 1.14 bits per heavy atom. The first kappa shape index (κ1) is 9.32. The average Bonchev–Trinajstić information content (AvgIpc) is 2.41. The van der Waals surface area contributed by atoms with E-state index in [1.807, 2.05) is 0 Å². The van der Waals surface area contributed by atoms with Crippen LogP contribution >= 0.6 is 0 Å². The lowest BCUT2D eigenvalue weighted by molar-refractivity contribution is 0.748. The lowest BCUT2D eigenvalue weighted by atomic mass is 10.1. The van der Waals surface area contributed by atoms with Crippen molar-refractivity contribution in [3.63, 3.8) is 0 Å². The summed E-state index contributed by atoms with van der Waals surface area (Å²) in [5.74, 6) is 0.590. The number of nitrogens with zero attached hydrogens (tertiary/aromatic N) is 1. The van der Waals surface area contributed by atoms with Gasteiger partial charge >= 0.3 is 0 Å². The van der Waals surface area contributed by atoms with Crippen LogP contribution in [0.3, 0.4) is 0 Å². The summed E-state index contributed by atoms with van der Waals surface area (Å²) in [5, 5.41) is 1.39. The van der Waals surface area contributed by atoms with E-state index in [2.05, 4.69) is 56.7 Å². The van der Waals surface area contributed by atoms with Gasteiger partial charge in [0.25, 0.3) is 0 Å². The molecule has 1 heteroatoms. The Hall–Kier alpha value is -1.24. The van der Waals surface area contributed by atoms with Crippen LogP contribution < -0.4 is 0 Å². The zero-order valence-corrected chi connectivity index (χ0v) is 9.33. The van der Waals surface area contributed by atoms with Crippen LogP contribution in [0.1, 0.15) is 31.0 Å². The minimum absolute atomic E-state index is 0.590. The van der Waals surface area contributed by atoms with E-state index in [1.54, 1.807) is 0 Å². The van der Waals surface area contributed by atoms with Gasteiger partial charge in [0.15, 0.2) is 0 Å². The molecule has 1 heterocycles. The van der Waals surface area contributed by atoms with Crippen LogP contribution in [0.2, 0.25) is 0 Å². The molecule has 0 spiro atoms. The van der Waals surface area contributed by atoms with E-state index in [1.165, 1.54) is 22.2 Å². The zero-order chi connectivity index (χ0) is 10.3. The van der Waals surface area contributed by atoms with Crippen LogP contribution in [-0.4, -0.2) is 4.57 Å². The molecule has 2 rings (SSSR count). The number of aromatic nitrogens is 1. The van der Waals surface area contributed by atoms with Crippen LogP contribution in [0.5, 0.6) is 0 Å². The Morgan fingerprint density at radius 3 is 2.36 bits per heavy atom. The maximum Gasteiger partial charge on any atom is 0.0482 e. The lowest BCUT2D eigenvalue weighted by Gasteiger charge is -2.08. The minimum Gasteiger partial charge on any atom is -0.347 e. The molecule has 0 saturated heterocycles. The Labute approximate surface area is 85.4 Å². The molecule has 0 aliphatic carbocycles. The van der Waals surface area contributed by atoms with Crippen LogP contribution in [0.4, 0.5) is 0 Å². The molecule has 0 aliphatic rings. The molecule has 1 aromatic heterocycles. The fraction of sp³-hybridized carbons (Fsp3) is 0.385. The van der Waals surface area contributed by atoms with Gasteiger partial charge in [-0.3, -0.25) is 0 Å². The van der Waals surface area contributed by atoms with Crippen molar-refractivity contribution in [1.82, 2.24) is 4.57 Å². The minimum atomic E-state index is 0.590. The van der Waals surface area contributed by atoms with Crippen molar-refractivity contribution < 1.29 is 0 Å². The van der Waals surface area contributed by atoms with Gasteiger partial charge in [0.05, 0.1) is 0 Å². The molecule has 74 valence electrons. The molecule has 0 unspecified atom stereocenters. The highest BCUT2D eigenvalue weighted by molar-refractivity contribution is 5.85. The number of fused-ring (bicyclic) bond motifs is 1. The molecule has 2 aromatic rings. The Morgan fingerprint density at radius 2 is 1.79 bits per heavy atom. The molecule has 1 nitrogen and oxygen atoms in total. The van der Waals surface area contributed by atoms with Gasteiger partial charge in [-0.05, 0) is 24.5 Å². The van der Waals surface area contributed by atoms with Crippen LogP contribution in [-0.2, 0) is 7.05 Å². The second-order valence-electron chi connectivity index (χ2n) is 4.24. The van der Waals surface area contributed by atoms with E-state index in [0.29, 0.717) is 5.92 Å². The van der Waals surface area contributed by atoms with Crippen molar-refractivity contribution in [2.75, 3.05) is 0 Å². The summed E-state index contributed by atoms with van der Waals surface area (Å²) < 4.78 is 2.31. The molecule has 0 amide bonds. The number of aryl methyl sites for hydroxylation is 2. The number of hydrogen-bond acceptors (Lipinski definition) is 0. The summed E-state index contributed by atoms with van der Waals surface area (Å²) in [6.45, 7) is 6.72. The maximum atomic E-state index is 2.31. The molecule has 0 radical (unpaired) electrons. The first-order valence-electron chi connectivity index (χ1n) is 5.17. The molecular weight excluding hydrogens is 170 g/mol. The Kier molecular flexibility index (Phi) is 2.10. The smallest absolute Gasteiger partial charge is 0.0482 e. The van der Waals surface area contributed by atoms with Crippen molar-refractivity contribution >= 4 is 10.9 Å². The third kappa shape index (κ3) is 1.16. The summed E-state index contributed by atoms with van der Waals surface area (Å²) in [7, 11) is 2.16. The fourth-order valence-corrected chi connectivity index (χ4v) is 2.42. The summed E-state index contributed by atoms with van der Waals surface area (Å²) >= 11 is 0. The van der Waals surface area contributed by atoms with Crippen LogP contribution in [0.25, 0.3) is 10.9 Å². The van der Waals surface area contributed by atoms with Crippen molar-refractivity contribution in [3.05, 3.63) is 35.5 Å². The standard InChI is InChI=1S/C13H17N/c1-9(2)13-10(3)11-7-5-6-8-12(11)14(13)4/h5-9H,1-4H3. The SMILES string of the molecule is Cc1c(C(C)C)n(C)c2ccccc12. The third-order valence-corrected chi connectivity index (χ3v) is 2.96. The van der Waals surface area contributed by atoms with Crippen LogP contribution in [0.15, 0.2) is 24.3 Å². The molecule has 0 bridgehead atoms. The molecule has 1 aromatic carbocycles. The summed E-state index contributed by atoms with van der Waals surface area (Å²) in [4.78, 5) is 0. The van der Waals surface area contributed by atoms with Gasteiger partial charge in [-0.1, -0.05) is 32.0 Å². The van der Waals surface area contributed by atoms with Gasteiger partial charge in [0.1, 0.15) is 0 Å². The monoisotopic (exact) mass is 187 g/mol. The Balaban J connectivity index is 2.85. The predicted molar refractivity (Wildman–Crippen MR) is 61.7 cm³/mol. The van der Waals surface area contributed by atoms with Gasteiger partial charge in [-0.15, -0.1) is 0 Å². The van der Waals surface area contributed by atoms with E-state index in [-0.39, 0.29) is 0 Å². The maximum absolute atomic E-state index is 2.31. The lowest BCUT2D eigenvalue weighted by Crippen LogP contribution is -1.99. The van der Waals surface area contributed by atoms with Gasteiger partial charge in [-0.2, -0.15) is 0 Å². The molecule has 14 heavy (non-hydrogen) atoms. The van der Waals surface area contributed by atoms with E-state index in [4.69, 9.17) is 0 Å². The van der Waals surface area contributed by atoms with E-state index in [0.717, 1.165) is 0 Å². The molecular formula is C13H17N. The van der Waals surface area contributed by atoms with Gasteiger partial charge in [-0.25, -0.2) is 0 Å². The molecule has 0 atom stereocenters. The number of hydrogen-bond donors (Lipinski definition) is 0. The predicted octanol–water partition coefficient (Wildman–Crippen LogP) is 3.61. The first-order chi connectivity index (χ1) is 6.63. The van der Waals surface area contributed by atoms with E-state index < -0.39 is 0 Å². The van der Waals surface area contributed by atoms with E-state index >= 15 is 0 Å². The average molecular weight is 187 g/mol. The fourth-order valence-electron chi connectivity index (χ4n) is 2.42. The molecule has 0 fully saturated rings. The van der Waals surface area contributed by atoms with E-state index in [9.17, 15) is 0 Å². The Bertz CT molecular complexity index is 424. The zero-order valence-electron chi connectivity index (χ0n) is 9.33. The highest BCUT2D eigenvalue weighted by Gasteiger charge is 2.12. The van der Waals surface area contributed by atoms with Crippen molar-refractivity contribution in [2.45, 2.75) is 26.7 Å². The highest BCUT2D eigenvalue weighted by Crippen LogP contribution is 2.29. The van der Waals surface area contributed by atoms with Crippen molar-refractivity contribution in [1.29, 1.82) is 0 Å². The van der Waals surface area contributed by atoms with Gasteiger partial charge < -0.3 is 4.57 Å². The molecule has 0 saturated carbocycles. The quantitative estimate of drug-likeness (QED) is 0.642. The van der Waals surface area contributed by atoms with Gasteiger partial charge in [0, 0.05) is 23.6 Å². The number of para-hydroxylation sites is 1.